The molecule has 1 saturated heterocycles. The molecule has 1 aliphatic carbocycles. The molecule has 0 bridgehead atoms. The predicted molar refractivity (Wildman–Crippen MR) is 108 cm³/mol. The highest BCUT2D eigenvalue weighted by Gasteiger charge is 2.45. The van der Waals surface area contributed by atoms with E-state index in [4.69, 9.17) is 14.2 Å². The van der Waals surface area contributed by atoms with Gasteiger partial charge in [-0.25, -0.2) is 0 Å². The van der Waals surface area contributed by atoms with Crippen molar-refractivity contribution < 1.29 is 28.6 Å². The first kappa shape index (κ1) is 21.0. The lowest BCUT2D eigenvalue weighted by molar-refractivity contribution is -0.315. The lowest BCUT2D eigenvalue weighted by Crippen LogP contribution is -2.48. The van der Waals surface area contributed by atoms with Gasteiger partial charge < -0.3 is 14.2 Å². The van der Waals surface area contributed by atoms with Crippen LogP contribution in [0.5, 0.6) is 0 Å². The van der Waals surface area contributed by atoms with Gasteiger partial charge in [-0.15, -0.1) is 0 Å². The fourth-order valence-corrected chi connectivity index (χ4v) is 4.69. The van der Waals surface area contributed by atoms with Crippen molar-refractivity contribution in [2.24, 2.45) is 0 Å². The molecule has 3 aliphatic rings. The number of carbonyl (C=O) groups is 3. The van der Waals surface area contributed by atoms with Gasteiger partial charge >= 0.3 is 5.97 Å². The number of rotatable bonds is 6. The smallest absolute Gasteiger partial charge is 0.308 e. The van der Waals surface area contributed by atoms with E-state index >= 15 is 0 Å². The topological polar surface area (TPSA) is 82.1 Å². The van der Waals surface area contributed by atoms with Crippen LogP contribution in [0.1, 0.15) is 79.5 Å². The van der Waals surface area contributed by atoms with E-state index in [1.165, 1.54) is 4.90 Å². The molecule has 30 heavy (non-hydrogen) atoms. The van der Waals surface area contributed by atoms with E-state index in [0.717, 1.165) is 25.7 Å². The fourth-order valence-electron chi connectivity index (χ4n) is 4.69. The molecule has 0 radical (unpaired) electrons. The number of hydrogen-bond donors (Lipinski definition) is 0. The van der Waals surface area contributed by atoms with Crippen LogP contribution in [-0.4, -0.2) is 53.3 Å². The van der Waals surface area contributed by atoms with Gasteiger partial charge in [-0.05, 0) is 45.2 Å². The average molecular weight is 415 g/mol. The molecule has 7 nitrogen and oxygen atoms in total. The first-order valence-electron chi connectivity index (χ1n) is 10.9. The standard InChI is InChI=1S/C23H29NO6/c1-15(2)28-20(25)14-17-13-16(29-23(30-17)10-5-6-11-23)9-12-24-21(26)18-7-3-4-8-19(18)22(24)27/h3-4,7-8,15-17H,5-6,9-14H2,1-2H3/t16?,17-/m0/s1. The number of hydrogen-bond acceptors (Lipinski definition) is 6. The number of imide groups is 1. The molecule has 2 atom stereocenters. The van der Waals surface area contributed by atoms with Crippen LogP contribution < -0.4 is 0 Å². The highest BCUT2D eigenvalue weighted by atomic mass is 16.7. The number of fused-ring (bicyclic) bond motifs is 1. The van der Waals surface area contributed by atoms with E-state index in [-0.39, 0.29) is 49.1 Å². The van der Waals surface area contributed by atoms with Gasteiger partial charge in [-0.1, -0.05) is 12.1 Å². The number of nitrogens with zero attached hydrogens (tertiary/aromatic N) is 1. The van der Waals surface area contributed by atoms with Crippen LogP contribution in [0.3, 0.4) is 0 Å². The highest BCUT2D eigenvalue weighted by Crippen LogP contribution is 2.42. The molecule has 2 amide bonds. The Balaban J connectivity index is 1.41. The third-order valence-electron chi connectivity index (χ3n) is 5.97. The lowest BCUT2D eigenvalue weighted by atomic mass is 10.0. The quantitative estimate of drug-likeness (QED) is 0.523. The van der Waals surface area contributed by atoms with Crippen LogP contribution in [-0.2, 0) is 19.0 Å². The summed E-state index contributed by atoms with van der Waals surface area (Å²) in [6.45, 7) is 3.94. The number of esters is 1. The summed E-state index contributed by atoms with van der Waals surface area (Å²) in [7, 11) is 0. The minimum absolute atomic E-state index is 0.164. The minimum atomic E-state index is -0.659. The normalized spacial score (nSPS) is 25.2. The lowest BCUT2D eigenvalue weighted by Gasteiger charge is -2.43. The van der Waals surface area contributed by atoms with E-state index in [1.54, 1.807) is 24.3 Å². The first-order chi connectivity index (χ1) is 14.4. The van der Waals surface area contributed by atoms with Crippen molar-refractivity contribution in [3.05, 3.63) is 35.4 Å². The fraction of sp³-hybridized carbons (Fsp3) is 0.609. The van der Waals surface area contributed by atoms with Gasteiger partial charge in [0.15, 0.2) is 5.79 Å². The zero-order valence-corrected chi connectivity index (χ0v) is 17.6. The molecule has 0 aromatic heterocycles. The molecular formula is C23H29NO6. The SMILES string of the molecule is CC(C)OC(=O)C[C@@H]1CC(CCN2C(=O)c3ccccc3C2=O)OC2(CCCC2)O1. The Labute approximate surface area is 176 Å². The molecule has 4 rings (SSSR count). The summed E-state index contributed by atoms with van der Waals surface area (Å²) in [5, 5.41) is 0. The van der Waals surface area contributed by atoms with Crippen LogP contribution in [0, 0.1) is 0 Å². The molecule has 2 fully saturated rings. The molecule has 1 aromatic rings. The van der Waals surface area contributed by atoms with Crippen molar-refractivity contribution in [3.8, 4) is 0 Å². The summed E-state index contributed by atoms with van der Waals surface area (Å²) in [5.41, 5.74) is 0.911. The van der Waals surface area contributed by atoms with Gasteiger partial charge in [-0.3, -0.25) is 19.3 Å². The Morgan fingerprint density at radius 1 is 1.10 bits per heavy atom. The van der Waals surface area contributed by atoms with Gasteiger partial charge in [-0.2, -0.15) is 0 Å². The molecule has 2 aliphatic heterocycles. The van der Waals surface area contributed by atoms with Crippen LogP contribution in [0.15, 0.2) is 24.3 Å². The zero-order valence-electron chi connectivity index (χ0n) is 17.6. The average Bonchev–Trinajstić information content (AvgIpc) is 3.22. The van der Waals surface area contributed by atoms with E-state index in [1.807, 2.05) is 13.8 Å². The summed E-state index contributed by atoms with van der Waals surface area (Å²) in [4.78, 5) is 38.7. The minimum Gasteiger partial charge on any atom is -0.463 e. The third-order valence-corrected chi connectivity index (χ3v) is 5.97. The number of carbonyl (C=O) groups excluding carboxylic acids is 3. The van der Waals surface area contributed by atoms with Crippen LogP contribution in [0.4, 0.5) is 0 Å². The Morgan fingerprint density at radius 3 is 2.30 bits per heavy atom. The maximum absolute atomic E-state index is 12.6. The maximum Gasteiger partial charge on any atom is 0.308 e. The molecule has 2 heterocycles. The zero-order chi connectivity index (χ0) is 21.3. The van der Waals surface area contributed by atoms with Crippen molar-refractivity contribution in [2.45, 2.75) is 82.9 Å². The summed E-state index contributed by atoms with van der Waals surface area (Å²) in [6, 6.07) is 6.90. The van der Waals surface area contributed by atoms with Crippen LogP contribution in [0.2, 0.25) is 0 Å². The van der Waals surface area contributed by atoms with Gasteiger partial charge in [0.05, 0.1) is 35.9 Å². The second-order valence-electron chi connectivity index (χ2n) is 8.67. The molecule has 1 aromatic carbocycles. The molecule has 1 unspecified atom stereocenters. The largest absolute Gasteiger partial charge is 0.463 e. The summed E-state index contributed by atoms with van der Waals surface area (Å²) >= 11 is 0. The Bertz CT molecular complexity index is 794. The molecule has 7 heteroatoms. The van der Waals surface area contributed by atoms with Crippen molar-refractivity contribution in [1.82, 2.24) is 4.90 Å². The first-order valence-corrected chi connectivity index (χ1v) is 10.9. The van der Waals surface area contributed by atoms with E-state index in [0.29, 0.717) is 24.0 Å². The van der Waals surface area contributed by atoms with Gasteiger partial charge in [0.2, 0.25) is 0 Å². The third kappa shape index (κ3) is 4.27. The monoisotopic (exact) mass is 415 g/mol. The van der Waals surface area contributed by atoms with Crippen molar-refractivity contribution in [2.75, 3.05) is 6.54 Å². The van der Waals surface area contributed by atoms with Crippen molar-refractivity contribution >= 4 is 17.8 Å². The van der Waals surface area contributed by atoms with Gasteiger partial charge in [0, 0.05) is 25.8 Å². The number of benzene rings is 1. The Kier molecular flexibility index (Phi) is 5.93. The Morgan fingerprint density at radius 2 is 1.70 bits per heavy atom. The molecule has 1 spiro atoms. The molecule has 162 valence electrons. The number of amides is 2. The van der Waals surface area contributed by atoms with E-state index in [9.17, 15) is 14.4 Å². The van der Waals surface area contributed by atoms with Crippen molar-refractivity contribution in [1.29, 1.82) is 0 Å². The Hall–Kier alpha value is -2.25. The van der Waals surface area contributed by atoms with Crippen molar-refractivity contribution in [3.63, 3.8) is 0 Å². The summed E-state index contributed by atoms with van der Waals surface area (Å²) in [5.74, 6) is -1.44. The highest BCUT2D eigenvalue weighted by molar-refractivity contribution is 6.21. The summed E-state index contributed by atoms with van der Waals surface area (Å²) in [6.07, 6.45) is 4.26. The predicted octanol–water partition coefficient (Wildman–Crippen LogP) is 3.46. The summed E-state index contributed by atoms with van der Waals surface area (Å²) < 4.78 is 17.8. The molecule has 0 N–H and O–H groups in total. The second kappa shape index (κ2) is 8.47. The van der Waals surface area contributed by atoms with Gasteiger partial charge in [0.1, 0.15) is 0 Å². The van der Waals surface area contributed by atoms with E-state index in [2.05, 4.69) is 0 Å². The van der Waals surface area contributed by atoms with E-state index < -0.39 is 5.79 Å². The maximum atomic E-state index is 12.6. The van der Waals surface area contributed by atoms with Crippen LogP contribution >= 0.6 is 0 Å². The molecular weight excluding hydrogens is 386 g/mol. The number of ether oxygens (including phenoxy) is 3. The van der Waals surface area contributed by atoms with Gasteiger partial charge in [0.25, 0.3) is 11.8 Å². The van der Waals surface area contributed by atoms with Crippen LogP contribution in [0.25, 0.3) is 0 Å². The molecule has 1 saturated carbocycles. The second-order valence-corrected chi connectivity index (χ2v) is 8.67.